The highest BCUT2D eigenvalue weighted by atomic mass is 16.5. The maximum atomic E-state index is 12.6. The number of carbonyl (C=O) groups is 2. The topological polar surface area (TPSA) is 67.4 Å². The largest absolute Gasteiger partial charge is 0.376 e. The van der Waals surface area contributed by atoms with Crippen LogP contribution < -0.4 is 10.6 Å². The van der Waals surface area contributed by atoms with E-state index in [9.17, 15) is 9.59 Å². The Labute approximate surface area is 153 Å². The van der Waals surface area contributed by atoms with E-state index in [-0.39, 0.29) is 23.6 Å². The molecule has 5 heteroatoms. The summed E-state index contributed by atoms with van der Waals surface area (Å²) in [5.41, 5.74) is 1.55. The van der Waals surface area contributed by atoms with Gasteiger partial charge in [0.1, 0.15) is 5.70 Å². The Morgan fingerprint density at radius 1 is 1.04 bits per heavy atom. The first-order valence-corrected chi connectivity index (χ1v) is 8.75. The predicted molar refractivity (Wildman–Crippen MR) is 100 cm³/mol. The second-order valence-corrected chi connectivity index (χ2v) is 6.13. The molecule has 0 aliphatic carbocycles. The fourth-order valence-corrected chi connectivity index (χ4v) is 2.77. The van der Waals surface area contributed by atoms with Gasteiger partial charge in [-0.3, -0.25) is 9.59 Å². The molecule has 26 heavy (non-hydrogen) atoms. The number of ether oxygens (including phenoxy) is 1. The van der Waals surface area contributed by atoms with Gasteiger partial charge in [0.25, 0.3) is 11.8 Å². The number of benzene rings is 2. The lowest BCUT2D eigenvalue weighted by Gasteiger charge is -2.14. The van der Waals surface area contributed by atoms with Crippen LogP contribution in [0.1, 0.15) is 28.8 Å². The molecule has 2 amide bonds. The normalized spacial score (nSPS) is 16.9. The van der Waals surface area contributed by atoms with E-state index in [1.807, 2.05) is 36.4 Å². The number of nitrogens with one attached hydrogen (secondary N) is 2. The van der Waals surface area contributed by atoms with E-state index in [2.05, 4.69) is 10.6 Å². The number of amides is 2. The summed E-state index contributed by atoms with van der Waals surface area (Å²) in [6, 6.07) is 18.2. The molecule has 1 saturated heterocycles. The molecule has 0 aromatic heterocycles. The van der Waals surface area contributed by atoms with Crippen molar-refractivity contribution in [3.05, 3.63) is 77.5 Å². The number of hydrogen-bond donors (Lipinski definition) is 2. The molecule has 1 heterocycles. The van der Waals surface area contributed by atoms with Crippen LogP contribution in [0, 0.1) is 0 Å². The van der Waals surface area contributed by atoms with Crippen molar-refractivity contribution in [1.82, 2.24) is 10.6 Å². The molecule has 5 nitrogen and oxygen atoms in total. The van der Waals surface area contributed by atoms with Crippen molar-refractivity contribution < 1.29 is 14.3 Å². The van der Waals surface area contributed by atoms with Crippen LogP contribution in [0.5, 0.6) is 0 Å². The highest BCUT2D eigenvalue weighted by molar-refractivity contribution is 6.05. The Morgan fingerprint density at radius 2 is 1.73 bits per heavy atom. The van der Waals surface area contributed by atoms with Gasteiger partial charge in [-0.25, -0.2) is 0 Å². The summed E-state index contributed by atoms with van der Waals surface area (Å²) in [5, 5.41) is 5.58. The minimum absolute atomic E-state index is 0.0433. The minimum Gasteiger partial charge on any atom is -0.376 e. The molecule has 1 aliphatic heterocycles. The summed E-state index contributed by atoms with van der Waals surface area (Å²) in [5.74, 6) is -0.645. The predicted octanol–water partition coefficient (Wildman–Crippen LogP) is 2.75. The molecule has 3 rings (SSSR count). The average molecular weight is 350 g/mol. The van der Waals surface area contributed by atoms with Crippen LogP contribution in [-0.2, 0) is 9.53 Å². The lowest BCUT2D eigenvalue weighted by molar-refractivity contribution is -0.118. The highest BCUT2D eigenvalue weighted by Crippen LogP contribution is 2.11. The molecule has 0 radical (unpaired) electrons. The molecule has 1 atom stereocenters. The zero-order valence-corrected chi connectivity index (χ0v) is 14.5. The Kier molecular flexibility index (Phi) is 6.17. The molecule has 2 aromatic carbocycles. The van der Waals surface area contributed by atoms with Crippen molar-refractivity contribution in [2.45, 2.75) is 18.9 Å². The third-order valence-corrected chi connectivity index (χ3v) is 4.15. The van der Waals surface area contributed by atoms with E-state index < -0.39 is 0 Å². The first kappa shape index (κ1) is 17.9. The standard InChI is InChI=1S/C21H22N2O3/c24-20(17-10-5-2-6-11-17)23-19(14-16-8-3-1-4-9-16)21(25)22-15-18-12-7-13-26-18/h1-6,8-11,14,18H,7,12-13,15H2,(H,22,25)(H,23,24)/b19-14+/t18-/m0/s1. The van der Waals surface area contributed by atoms with Crippen molar-refractivity contribution in [3.63, 3.8) is 0 Å². The van der Waals surface area contributed by atoms with Gasteiger partial charge in [-0.15, -0.1) is 0 Å². The zero-order valence-electron chi connectivity index (χ0n) is 14.5. The third-order valence-electron chi connectivity index (χ3n) is 4.15. The van der Waals surface area contributed by atoms with Crippen LogP contribution in [-0.4, -0.2) is 31.1 Å². The van der Waals surface area contributed by atoms with E-state index in [0.717, 1.165) is 25.0 Å². The summed E-state index contributed by atoms with van der Waals surface area (Å²) in [6.45, 7) is 1.17. The van der Waals surface area contributed by atoms with E-state index in [4.69, 9.17) is 4.74 Å². The average Bonchev–Trinajstić information content (AvgIpc) is 3.20. The SMILES string of the molecule is O=C(NC[C@@H]1CCCO1)/C(=C\c1ccccc1)NC(=O)c1ccccc1. The maximum absolute atomic E-state index is 12.6. The number of rotatable bonds is 6. The Hall–Kier alpha value is -2.92. The fourth-order valence-electron chi connectivity index (χ4n) is 2.77. The second kappa shape index (κ2) is 8.97. The third kappa shape index (κ3) is 5.04. The van der Waals surface area contributed by atoms with Crippen LogP contribution in [0.2, 0.25) is 0 Å². The van der Waals surface area contributed by atoms with Crippen LogP contribution in [0.3, 0.4) is 0 Å². The van der Waals surface area contributed by atoms with Crippen molar-refractivity contribution in [3.8, 4) is 0 Å². The Bertz CT molecular complexity index is 766. The summed E-state index contributed by atoms with van der Waals surface area (Å²) >= 11 is 0. The van der Waals surface area contributed by atoms with Gasteiger partial charge in [-0.2, -0.15) is 0 Å². The number of carbonyl (C=O) groups excluding carboxylic acids is 2. The summed E-state index contributed by atoms with van der Waals surface area (Å²) in [4.78, 5) is 25.1. The molecule has 0 unspecified atom stereocenters. The molecular formula is C21H22N2O3. The quantitative estimate of drug-likeness (QED) is 0.787. The first-order valence-electron chi connectivity index (χ1n) is 8.75. The van der Waals surface area contributed by atoms with Crippen LogP contribution in [0.15, 0.2) is 66.4 Å². The molecule has 0 bridgehead atoms. The van der Waals surface area contributed by atoms with Gasteiger partial charge < -0.3 is 15.4 Å². The molecule has 2 aromatic rings. The minimum atomic E-state index is -0.325. The fraction of sp³-hybridized carbons (Fsp3) is 0.238. The maximum Gasteiger partial charge on any atom is 0.267 e. The van der Waals surface area contributed by atoms with Crippen LogP contribution in [0.25, 0.3) is 6.08 Å². The molecule has 0 saturated carbocycles. The van der Waals surface area contributed by atoms with Gasteiger partial charge in [0.15, 0.2) is 0 Å². The van der Waals surface area contributed by atoms with Crippen molar-refractivity contribution in [1.29, 1.82) is 0 Å². The summed E-state index contributed by atoms with van der Waals surface area (Å²) < 4.78 is 5.53. The van der Waals surface area contributed by atoms with Gasteiger partial charge in [0, 0.05) is 18.7 Å². The van der Waals surface area contributed by atoms with Crippen LogP contribution >= 0.6 is 0 Å². The molecule has 2 N–H and O–H groups in total. The van der Waals surface area contributed by atoms with Gasteiger partial charge >= 0.3 is 0 Å². The zero-order chi connectivity index (χ0) is 18.2. The van der Waals surface area contributed by atoms with Gasteiger partial charge in [-0.1, -0.05) is 48.5 Å². The molecule has 1 fully saturated rings. The summed E-state index contributed by atoms with van der Waals surface area (Å²) in [6.07, 6.45) is 3.67. The Morgan fingerprint density at radius 3 is 2.38 bits per heavy atom. The van der Waals surface area contributed by atoms with Crippen molar-refractivity contribution in [2.75, 3.05) is 13.2 Å². The highest BCUT2D eigenvalue weighted by Gasteiger charge is 2.19. The van der Waals surface area contributed by atoms with E-state index >= 15 is 0 Å². The van der Waals surface area contributed by atoms with E-state index in [1.165, 1.54) is 0 Å². The monoisotopic (exact) mass is 350 g/mol. The Balaban J connectivity index is 1.73. The van der Waals surface area contributed by atoms with Gasteiger partial charge in [0.05, 0.1) is 6.10 Å². The van der Waals surface area contributed by atoms with Gasteiger partial charge in [0.2, 0.25) is 0 Å². The van der Waals surface area contributed by atoms with Crippen molar-refractivity contribution >= 4 is 17.9 Å². The summed E-state index contributed by atoms with van der Waals surface area (Å²) in [7, 11) is 0. The first-order chi connectivity index (χ1) is 12.7. The lowest BCUT2D eigenvalue weighted by atomic mass is 10.1. The van der Waals surface area contributed by atoms with E-state index in [0.29, 0.717) is 12.1 Å². The second-order valence-electron chi connectivity index (χ2n) is 6.13. The molecule has 1 aliphatic rings. The molecular weight excluding hydrogens is 328 g/mol. The van der Waals surface area contributed by atoms with Crippen LogP contribution in [0.4, 0.5) is 0 Å². The molecule has 134 valence electrons. The lowest BCUT2D eigenvalue weighted by Crippen LogP contribution is -2.38. The van der Waals surface area contributed by atoms with E-state index in [1.54, 1.807) is 30.3 Å². The molecule has 0 spiro atoms. The number of hydrogen-bond acceptors (Lipinski definition) is 3. The van der Waals surface area contributed by atoms with Gasteiger partial charge in [-0.05, 0) is 36.6 Å². The van der Waals surface area contributed by atoms with Crippen molar-refractivity contribution in [2.24, 2.45) is 0 Å². The smallest absolute Gasteiger partial charge is 0.267 e.